The SMILES string of the molecule is Cl.Cl.NCC1CCCCN1C(=O)C1CCN(c2nc3ccccc3o2)CC1. The maximum atomic E-state index is 12.9. The van der Waals surface area contributed by atoms with Gasteiger partial charge >= 0.3 is 0 Å². The van der Waals surface area contributed by atoms with Crippen molar-refractivity contribution < 1.29 is 9.21 Å². The van der Waals surface area contributed by atoms with E-state index in [0.717, 1.165) is 56.4 Å². The third-order valence-corrected chi connectivity index (χ3v) is 5.58. The molecule has 27 heavy (non-hydrogen) atoms. The predicted octanol–water partition coefficient (Wildman–Crippen LogP) is 3.23. The normalized spacial score (nSPS) is 20.9. The Balaban J connectivity index is 0.00000131. The summed E-state index contributed by atoms with van der Waals surface area (Å²) in [4.78, 5) is 21.7. The number of carbonyl (C=O) groups is 1. The minimum atomic E-state index is 0. The second-order valence-corrected chi connectivity index (χ2v) is 7.14. The molecule has 0 saturated carbocycles. The Labute approximate surface area is 172 Å². The molecule has 2 N–H and O–H groups in total. The lowest BCUT2D eigenvalue weighted by molar-refractivity contribution is -0.139. The number of aromatic nitrogens is 1. The average molecular weight is 415 g/mol. The van der Waals surface area contributed by atoms with Gasteiger partial charge in [-0.1, -0.05) is 12.1 Å². The van der Waals surface area contributed by atoms with Crippen molar-refractivity contribution in [3.8, 4) is 0 Å². The highest BCUT2D eigenvalue weighted by molar-refractivity contribution is 5.85. The van der Waals surface area contributed by atoms with Crippen molar-refractivity contribution in [1.29, 1.82) is 0 Å². The first-order chi connectivity index (χ1) is 12.3. The van der Waals surface area contributed by atoms with Gasteiger partial charge in [0, 0.05) is 38.1 Å². The summed E-state index contributed by atoms with van der Waals surface area (Å²) in [5, 5.41) is 0. The molecule has 0 radical (unpaired) electrons. The molecule has 1 aromatic heterocycles. The molecule has 150 valence electrons. The number of oxazole rings is 1. The van der Waals surface area contributed by atoms with Crippen molar-refractivity contribution in [2.75, 3.05) is 31.1 Å². The van der Waals surface area contributed by atoms with Gasteiger partial charge in [-0.3, -0.25) is 4.79 Å². The van der Waals surface area contributed by atoms with Crippen molar-refractivity contribution >= 4 is 47.8 Å². The summed E-state index contributed by atoms with van der Waals surface area (Å²) >= 11 is 0. The fraction of sp³-hybridized carbons (Fsp3) is 0.579. The van der Waals surface area contributed by atoms with Gasteiger partial charge in [0.1, 0.15) is 5.52 Å². The molecule has 0 aliphatic carbocycles. The molecule has 0 bridgehead atoms. The number of nitrogens with zero attached hydrogens (tertiary/aromatic N) is 3. The highest BCUT2D eigenvalue weighted by atomic mass is 35.5. The largest absolute Gasteiger partial charge is 0.423 e. The molecule has 1 amide bonds. The third kappa shape index (κ3) is 4.50. The standard InChI is InChI=1S/C19H26N4O2.2ClH/c20-13-15-5-3-4-10-23(15)18(24)14-8-11-22(12-9-14)19-21-16-6-1-2-7-17(16)25-19;;/h1-2,6-7,14-15H,3-5,8-13,20H2;2*1H. The van der Waals surface area contributed by atoms with E-state index >= 15 is 0 Å². The molecule has 2 aliphatic heterocycles. The first kappa shape index (κ1) is 21.8. The zero-order valence-electron chi connectivity index (χ0n) is 15.4. The summed E-state index contributed by atoms with van der Waals surface area (Å²) in [6.45, 7) is 3.06. The van der Waals surface area contributed by atoms with Crippen LogP contribution in [0.4, 0.5) is 6.01 Å². The minimum Gasteiger partial charge on any atom is -0.423 e. The molecular weight excluding hydrogens is 387 g/mol. The van der Waals surface area contributed by atoms with E-state index in [-0.39, 0.29) is 36.8 Å². The quantitative estimate of drug-likeness (QED) is 0.833. The Bertz CT molecular complexity index is 713. The van der Waals surface area contributed by atoms with Crippen LogP contribution in [0.15, 0.2) is 28.7 Å². The zero-order chi connectivity index (χ0) is 17.2. The summed E-state index contributed by atoms with van der Waals surface area (Å²) in [5.41, 5.74) is 7.57. The van der Waals surface area contributed by atoms with Gasteiger partial charge in [-0.15, -0.1) is 24.8 Å². The molecule has 3 heterocycles. The smallest absolute Gasteiger partial charge is 0.298 e. The van der Waals surface area contributed by atoms with Gasteiger partial charge < -0.3 is 20.0 Å². The average Bonchev–Trinajstić information content (AvgIpc) is 3.12. The molecule has 2 aliphatic rings. The molecule has 2 fully saturated rings. The molecule has 8 heteroatoms. The number of carbonyl (C=O) groups excluding carboxylic acids is 1. The van der Waals surface area contributed by atoms with Gasteiger partial charge in [0.05, 0.1) is 0 Å². The van der Waals surface area contributed by atoms with E-state index in [0.29, 0.717) is 18.5 Å². The number of rotatable bonds is 3. The van der Waals surface area contributed by atoms with Gasteiger partial charge in [-0.25, -0.2) is 0 Å². The van der Waals surface area contributed by atoms with Crippen LogP contribution in [0.3, 0.4) is 0 Å². The number of fused-ring (bicyclic) bond motifs is 1. The molecule has 0 spiro atoms. The van der Waals surface area contributed by atoms with Crippen LogP contribution in [-0.4, -0.2) is 48.0 Å². The van der Waals surface area contributed by atoms with Crippen LogP contribution in [0, 0.1) is 5.92 Å². The Kier molecular flexibility index (Phi) is 7.77. The number of piperidine rings is 2. The Morgan fingerprint density at radius 1 is 1.11 bits per heavy atom. The maximum absolute atomic E-state index is 12.9. The fourth-order valence-electron chi connectivity index (χ4n) is 4.08. The molecule has 4 rings (SSSR count). The van der Waals surface area contributed by atoms with Crippen LogP contribution in [0.5, 0.6) is 0 Å². The summed E-state index contributed by atoms with van der Waals surface area (Å²) in [6, 6.07) is 8.72. The monoisotopic (exact) mass is 414 g/mol. The van der Waals surface area contributed by atoms with Gasteiger partial charge in [-0.05, 0) is 44.2 Å². The lowest BCUT2D eigenvalue weighted by Crippen LogP contribution is -2.51. The number of hydrogen-bond acceptors (Lipinski definition) is 5. The van der Waals surface area contributed by atoms with Crippen molar-refractivity contribution in [2.24, 2.45) is 11.7 Å². The lowest BCUT2D eigenvalue weighted by Gasteiger charge is -2.39. The number of halogens is 2. The molecular formula is C19H28Cl2N4O2. The van der Waals surface area contributed by atoms with Crippen LogP contribution in [0.2, 0.25) is 0 Å². The molecule has 1 atom stereocenters. The Morgan fingerprint density at radius 2 is 1.85 bits per heavy atom. The predicted molar refractivity (Wildman–Crippen MR) is 112 cm³/mol. The molecule has 2 aromatic rings. The minimum absolute atomic E-state index is 0. The molecule has 1 unspecified atom stereocenters. The second kappa shape index (κ2) is 9.62. The topological polar surface area (TPSA) is 75.6 Å². The highest BCUT2D eigenvalue weighted by Gasteiger charge is 2.33. The maximum Gasteiger partial charge on any atom is 0.298 e. The number of hydrogen-bond donors (Lipinski definition) is 1. The van der Waals surface area contributed by atoms with E-state index in [1.54, 1.807) is 0 Å². The van der Waals surface area contributed by atoms with Gasteiger partial charge in [0.2, 0.25) is 5.91 Å². The van der Waals surface area contributed by atoms with E-state index < -0.39 is 0 Å². The molecule has 2 saturated heterocycles. The molecule has 6 nitrogen and oxygen atoms in total. The lowest BCUT2D eigenvalue weighted by atomic mass is 9.92. The number of anilines is 1. The van der Waals surface area contributed by atoms with Crippen molar-refractivity contribution in [3.05, 3.63) is 24.3 Å². The van der Waals surface area contributed by atoms with E-state index in [1.165, 1.54) is 6.42 Å². The Morgan fingerprint density at radius 3 is 2.56 bits per heavy atom. The van der Waals surface area contributed by atoms with Crippen LogP contribution in [0.1, 0.15) is 32.1 Å². The number of nitrogens with two attached hydrogens (primary N) is 1. The van der Waals surface area contributed by atoms with Crippen LogP contribution in [-0.2, 0) is 4.79 Å². The van der Waals surface area contributed by atoms with E-state index in [1.807, 2.05) is 29.2 Å². The summed E-state index contributed by atoms with van der Waals surface area (Å²) in [6.07, 6.45) is 5.03. The fourth-order valence-corrected chi connectivity index (χ4v) is 4.08. The summed E-state index contributed by atoms with van der Waals surface area (Å²) < 4.78 is 5.86. The zero-order valence-corrected chi connectivity index (χ0v) is 17.0. The number of amides is 1. The van der Waals surface area contributed by atoms with E-state index in [4.69, 9.17) is 10.2 Å². The first-order valence-corrected chi connectivity index (χ1v) is 9.37. The van der Waals surface area contributed by atoms with Crippen molar-refractivity contribution in [1.82, 2.24) is 9.88 Å². The highest BCUT2D eigenvalue weighted by Crippen LogP contribution is 2.28. The Hall–Kier alpha value is -1.50. The van der Waals surface area contributed by atoms with Crippen LogP contribution < -0.4 is 10.6 Å². The third-order valence-electron chi connectivity index (χ3n) is 5.58. The van der Waals surface area contributed by atoms with E-state index in [9.17, 15) is 4.79 Å². The summed E-state index contributed by atoms with van der Waals surface area (Å²) in [5.74, 6) is 0.403. The van der Waals surface area contributed by atoms with Gasteiger partial charge in [0.25, 0.3) is 6.01 Å². The van der Waals surface area contributed by atoms with Gasteiger partial charge in [0.15, 0.2) is 5.58 Å². The van der Waals surface area contributed by atoms with Crippen molar-refractivity contribution in [3.63, 3.8) is 0 Å². The second-order valence-electron chi connectivity index (χ2n) is 7.14. The summed E-state index contributed by atoms with van der Waals surface area (Å²) in [7, 11) is 0. The first-order valence-electron chi connectivity index (χ1n) is 9.37. The number of benzene rings is 1. The van der Waals surface area contributed by atoms with Crippen molar-refractivity contribution in [2.45, 2.75) is 38.1 Å². The number of likely N-dealkylation sites (tertiary alicyclic amines) is 1. The van der Waals surface area contributed by atoms with Gasteiger partial charge in [-0.2, -0.15) is 4.98 Å². The van der Waals surface area contributed by atoms with E-state index in [2.05, 4.69) is 9.88 Å². The van der Waals surface area contributed by atoms with Crippen LogP contribution in [0.25, 0.3) is 11.1 Å². The number of para-hydroxylation sites is 2. The molecule has 1 aromatic carbocycles. The van der Waals surface area contributed by atoms with Crippen LogP contribution >= 0.6 is 24.8 Å².